The molecule has 0 spiro atoms. The molecule has 3 heterocycles. The second-order valence-electron chi connectivity index (χ2n) is 6.36. The Bertz CT molecular complexity index is 886. The summed E-state index contributed by atoms with van der Waals surface area (Å²) < 4.78 is 6.29. The van der Waals surface area contributed by atoms with E-state index in [1.165, 1.54) is 4.70 Å². The molecule has 0 radical (unpaired) electrons. The molecule has 1 saturated heterocycles. The largest absolute Gasteiger partial charge is 0.451 e. The minimum atomic E-state index is -0.511. The third-order valence-electron chi connectivity index (χ3n) is 4.58. The van der Waals surface area contributed by atoms with Crippen molar-refractivity contribution in [1.29, 1.82) is 0 Å². The molecule has 3 aromatic rings. The van der Waals surface area contributed by atoms with Crippen LogP contribution in [-0.2, 0) is 9.53 Å². The topological polar surface area (TPSA) is 75.3 Å². The van der Waals surface area contributed by atoms with Crippen molar-refractivity contribution < 1.29 is 14.3 Å². The number of fused-ring (bicyclic) bond motifs is 1. The number of esters is 1. The number of carbonyl (C=O) groups is 2. The zero-order valence-corrected chi connectivity index (χ0v) is 15.0. The fourth-order valence-electron chi connectivity index (χ4n) is 3.22. The molecule has 6 nitrogen and oxygen atoms in total. The lowest BCUT2D eigenvalue weighted by Crippen LogP contribution is -2.41. The van der Waals surface area contributed by atoms with Crippen molar-refractivity contribution >= 4 is 33.4 Å². The van der Waals surface area contributed by atoms with E-state index in [2.05, 4.69) is 11.1 Å². The van der Waals surface area contributed by atoms with Crippen LogP contribution >= 0.6 is 11.3 Å². The highest BCUT2D eigenvalue weighted by atomic mass is 32.1. The number of nitrogens with one attached hydrogen (secondary N) is 1. The number of piperidine rings is 1. The fourth-order valence-corrected chi connectivity index (χ4v) is 4.32. The lowest BCUT2D eigenvalue weighted by molar-refractivity contribution is -0.135. The van der Waals surface area contributed by atoms with Crippen LogP contribution in [0.2, 0.25) is 0 Å². The number of amides is 1. The van der Waals surface area contributed by atoms with E-state index in [9.17, 15) is 9.59 Å². The first-order valence-electron chi connectivity index (χ1n) is 8.64. The number of carbonyl (C=O) groups excluding carboxylic acids is 2. The standard InChI is InChI=1S/C19H19N3O3S/c23-17(12-25-19(24)15-7-3-9-20-15)22-10-4-5-13(11-22)18-21-14-6-1-2-8-16(14)26-18/h1-3,6-9,13,20H,4-5,10-12H2/t13-/m1/s1. The highest BCUT2D eigenvalue weighted by Gasteiger charge is 2.27. The molecule has 0 aliphatic carbocycles. The zero-order chi connectivity index (χ0) is 17.9. The number of H-pyrrole nitrogens is 1. The quantitative estimate of drug-likeness (QED) is 0.717. The molecule has 0 unspecified atom stereocenters. The number of aromatic nitrogens is 2. The number of hydrogen-bond donors (Lipinski definition) is 1. The summed E-state index contributed by atoms with van der Waals surface area (Å²) in [5, 5.41) is 1.08. The van der Waals surface area contributed by atoms with Crippen LogP contribution in [0.15, 0.2) is 42.6 Å². The predicted octanol–water partition coefficient (Wildman–Crippen LogP) is 3.19. The van der Waals surface area contributed by atoms with Crippen molar-refractivity contribution in [2.75, 3.05) is 19.7 Å². The first-order chi connectivity index (χ1) is 12.7. The average Bonchev–Trinajstić information content (AvgIpc) is 3.35. The summed E-state index contributed by atoms with van der Waals surface area (Å²) in [6, 6.07) is 11.4. The van der Waals surface area contributed by atoms with Gasteiger partial charge in [0.1, 0.15) is 5.69 Å². The molecule has 7 heteroatoms. The van der Waals surface area contributed by atoms with E-state index in [1.807, 2.05) is 18.2 Å². The molecule has 1 N–H and O–H groups in total. The van der Waals surface area contributed by atoms with E-state index >= 15 is 0 Å². The molecule has 2 aromatic heterocycles. The van der Waals surface area contributed by atoms with Crippen LogP contribution in [0, 0.1) is 0 Å². The van der Waals surface area contributed by atoms with Gasteiger partial charge in [-0.3, -0.25) is 4.79 Å². The van der Waals surface area contributed by atoms with Crippen molar-refractivity contribution in [3.8, 4) is 0 Å². The summed E-state index contributed by atoms with van der Waals surface area (Å²) in [6.45, 7) is 1.09. The molecular formula is C19H19N3O3S. The van der Waals surface area contributed by atoms with Crippen LogP contribution in [0.4, 0.5) is 0 Å². The Morgan fingerprint density at radius 1 is 1.27 bits per heavy atom. The number of hydrogen-bond acceptors (Lipinski definition) is 5. The van der Waals surface area contributed by atoms with Crippen molar-refractivity contribution in [2.24, 2.45) is 0 Å². The molecule has 134 valence electrons. The van der Waals surface area contributed by atoms with Gasteiger partial charge in [-0.15, -0.1) is 11.3 Å². The van der Waals surface area contributed by atoms with E-state index < -0.39 is 5.97 Å². The van der Waals surface area contributed by atoms with Gasteiger partial charge in [0, 0.05) is 25.2 Å². The Labute approximate surface area is 154 Å². The highest BCUT2D eigenvalue weighted by Crippen LogP contribution is 2.32. The summed E-state index contributed by atoms with van der Waals surface area (Å²) in [4.78, 5) is 33.6. The molecule has 1 aliphatic rings. The third kappa shape index (κ3) is 3.48. The molecule has 0 bridgehead atoms. The smallest absolute Gasteiger partial charge is 0.355 e. The molecule has 1 atom stereocenters. The Balaban J connectivity index is 1.38. The predicted molar refractivity (Wildman–Crippen MR) is 99.3 cm³/mol. The Hall–Kier alpha value is -2.67. The molecule has 1 fully saturated rings. The molecule has 0 saturated carbocycles. The summed E-state index contributed by atoms with van der Waals surface area (Å²) in [6.07, 6.45) is 3.59. The fraction of sp³-hybridized carbons (Fsp3) is 0.316. The molecule has 1 aliphatic heterocycles. The summed E-state index contributed by atoms with van der Waals surface area (Å²) in [5.74, 6) is -0.428. The second-order valence-corrected chi connectivity index (χ2v) is 7.42. The summed E-state index contributed by atoms with van der Waals surface area (Å²) >= 11 is 1.70. The maximum Gasteiger partial charge on any atom is 0.355 e. The molecular weight excluding hydrogens is 350 g/mol. The van der Waals surface area contributed by atoms with Gasteiger partial charge in [-0.05, 0) is 37.1 Å². The summed E-state index contributed by atoms with van der Waals surface area (Å²) in [5.41, 5.74) is 1.36. The molecule has 1 aromatic carbocycles. The number of ether oxygens (including phenoxy) is 1. The third-order valence-corrected chi connectivity index (χ3v) is 5.78. The first-order valence-corrected chi connectivity index (χ1v) is 9.46. The molecule has 4 rings (SSSR count). The number of nitrogens with zero attached hydrogens (tertiary/aromatic N) is 2. The van der Waals surface area contributed by atoms with Gasteiger partial charge in [-0.2, -0.15) is 0 Å². The lowest BCUT2D eigenvalue weighted by Gasteiger charge is -2.31. The van der Waals surface area contributed by atoms with Crippen molar-refractivity contribution in [3.05, 3.63) is 53.3 Å². The van der Waals surface area contributed by atoms with Gasteiger partial charge < -0.3 is 14.6 Å². The van der Waals surface area contributed by atoms with E-state index in [-0.39, 0.29) is 18.4 Å². The number of aromatic amines is 1. The van der Waals surface area contributed by atoms with Crippen LogP contribution in [0.1, 0.15) is 34.3 Å². The molecule has 1 amide bonds. The van der Waals surface area contributed by atoms with Gasteiger partial charge in [-0.1, -0.05) is 12.1 Å². The van der Waals surface area contributed by atoms with Crippen LogP contribution < -0.4 is 0 Å². The highest BCUT2D eigenvalue weighted by molar-refractivity contribution is 7.18. The Morgan fingerprint density at radius 2 is 2.15 bits per heavy atom. The number of rotatable bonds is 4. The Morgan fingerprint density at radius 3 is 2.96 bits per heavy atom. The first kappa shape index (κ1) is 16.8. The number of benzene rings is 1. The SMILES string of the molecule is O=C(OCC(=O)N1CCC[C@@H](c2nc3ccccc3s2)C1)c1ccc[nH]1. The second kappa shape index (κ2) is 7.29. The monoisotopic (exact) mass is 369 g/mol. The van der Waals surface area contributed by atoms with Crippen molar-refractivity contribution in [2.45, 2.75) is 18.8 Å². The maximum absolute atomic E-state index is 12.4. The van der Waals surface area contributed by atoms with Gasteiger partial charge >= 0.3 is 5.97 Å². The minimum absolute atomic E-state index is 0.157. The van der Waals surface area contributed by atoms with E-state index in [0.717, 1.165) is 23.4 Å². The van der Waals surface area contributed by atoms with Crippen LogP contribution in [0.25, 0.3) is 10.2 Å². The Kier molecular flexibility index (Phi) is 4.71. The number of thiazole rings is 1. The normalized spacial score (nSPS) is 17.4. The van der Waals surface area contributed by atoms with Crippen LogP contribution in [-0.4, -0.2) is 46.4 Å². The number of likely N-dealkylation sites (tertiary alicyclic amines) is 1. The zero-order valence-electron chi connectivity index (χ0n) is 14.2. The average molecular weight is 369 g/mol. The van der Waals surface area contributed by atoms with Crippen molar-refractivity contribution in [1.82, 2.24) is 14.9 Å². The molecule has 26 heavy (non-hydrogen) atoms. The van der Waals surface area contributed by atoms with Gasteiger partial charge in [0.2, 0.25) is 0 Å². The van der Waals surface area contributed by atoms with Gasteiger partial charge in [0.05, 0.1) is 15.2 Å². The van der Waals surface area contributed by atoms with E-state index in [1.54, 1.807) is 34.6 Å². The van der Waals surface area contributed by atoms with Gasteiger partial charge in [-0.25, -0.2) is 9.78 Å². The van der Waals surface area contributed by atoms with Gasteiger partial charge in [0.15, 0.2) is 6.61 Å². The number of para-hydroxylation sites is 1. The van der Waals surface area contributed by atoms with Crippen molar-refractivity contribution in [3.63, 3.8) is 0 Å². The van der Waals surface area contributed by atoms with Crippen LogP contribution in [0.3, 0.4) is 0 Å². The summed E-state index contributed by atoms with van der Waals surface area (Å²) in [7, 11) is 0. The van der Waals surface area contributed by atoms with Crippen LogP contribution in [0.5, 0.6) is 0 Å². The lowest BCUT2D eigenvalue weighted by atomic mass is 9.99. The van der Waals surface area contributed by atoms with E-state index in [4.69, 9.17) is 9.72 Å². The maximum atomic E-state index is 12.4. The van der Waals surface area contributed by atoms with Gasteiger partial charge in [0.25, 0.3) is 5.91 Å². The van der Waals surface area contributed by atoms with E-state index in [0.29, 0.717) is 18.8 Å². The minimum Gasteiger partial charge on any atom is -0.451 e.